The van der Waals surface area contributed by atoms with Crippen molar-refractivity contribution in [2.45, 2.75) is 16.9 Å². The lowest BCUT2D eigenvalue weighted by Gasteiger charge is -2.19. The normalized spacial score (nSPS) is 14.3. The van der Waals surface area contributed by atoms with Crippen LogP contribution in [0.3, 0.4) is 0 Å². The molecular formula is C23H17F3N4O5S. The molecule has 3 aromatic rings. The summed E-state index contributed by atoms with van der Waals surface area (Å²) >= 11 is 0. The van der Waals surface area contributed by atoms with Crippen LogP contribution in [0.2, 0.25) is 0 Å². The molecule has 4 rings (SSSR count). The molecule has 36 heavy (non-hydrogen) atoms. The fourth-order valence-electron chi connectivity index (χ4n) is 3.53. The van der Waals surface area contributed by atoms with Gasteiger partial charge in [-0.05, 0) is 48.0 Å². The van der Waals surface area contributed by atoms with E-state index in [4.69, 9.17) is 0 Å². The van der Waals surface area contributed by atoms with Crippen molar-refractivity contribution in [3.05, 3.63) is 84.2 Å². The van der Waals surface area contributed by atoms with Gasteiger partial charge < -0.3 is 10.2 Å². The summed E-state index contributed by atoms with van der Waals surface area (Å²) in [5.74, 6) is -1.14. The summed E-state index contributed by atoms with van der Waals surface area (Å²) in [6.07, 6.45) is 2.75. The summed E-state index contributed by atoms with van der Waals surface area (Å²) < 4.78 is 61.4. The van der Waals surface area contributed by atoms with Crippen LogP contribution in [0, 0.1) is 0 Å². The van der Waals surface area contributed by atoms with Gasteiger partial charge in [-0.2, -0.15) is 13.2 Å². The number of hydrogen-bond acceptors (Lipinski definition) is 6. The summed E-state index contributed by atoms with van der Waals surface area (Å²) in [6, 6.07) is 12.7. The number of para-hydroxylation sites is 1. The van der Waals surface area contributed by atoms with Gasteiger partial charge in [0.1, 0.15) is 6.54 Å². The molecule has 2 heterocycles. The number of alkyl halides is 3. The first kappa shape index (κ1) is 24.9. The molecule has 1 aliphatic rings. The van der Waals surface area contributed by atoms with Crippen molar-refractivity contribution >= 4 is 39.1 Å². The molecule has 0 aliphatic carbocycles. The predicted molar refractivity (Wildman–Crippen MR) is 122 cm³/mol. The number of urea groups is 1. The summed E-state index contributed by atoms with van der Waals surface area (Å²) in [5, 5.41) is 2.72. The Labute approximate surface area is 203 Å². The van der Waals surface area contributed by atoms with Crippen LogP contribution in [0.4, 0.5) is 29.3 Å². The zero-order chi connectivity index (χ0) is 26.1. The number of imide groups is 1. The van der Waals surface area contributed by atoms with Gasteiger partial charge in [-0.25, -0.2) is 18.1 Å². The Kier molecular flexibility index (Phi) is 6.50. The third kappa shape index (κ3) is 4.77. The highest BCUT2D eigenvalue weighted by molar-refractivity contribution is 7.92. The van der Waals surface area contributed by atoms with E-state index in [-0.39, 0.29) is 24.3 Å². The van der Waals surface area contributed by atoms with Crippen LogP contribution >= 0.6 is 0 Å². The van der Waals surface area contributed by atoms with E-state index in [1.54, 1.807) is 30.3 Å². The number of amides is 4. The molecule has 1 fully saturated rings. The van der Waals surface area contributed by atoms with Gasteiger partial charge in [0, 0.05) is 24.6 Å². The summed E-state index contributed by atoms with van der Waals surface area (Å²) in [7, 11) is -5.57. The summed E-state index contributed by atoms with van der Waals surface area (Å²) in [4.78, 5) is 43.1. The SMILES string of the molecule is O=C(Nc1ccccc1)c1cnccc1CN1CC(=O)N(c2ccc(S(=O)(=O)C(F)(F)F)cc2)C1=O. The maximum atomic E-state index is 13.0. The Balaban J connectivity index is 1.53. The van der Waals surface area contributed by atoms with Crippen molar-refractivity contribution < 1.29 is 36.0 Å². The van der Waals surface area contributed by atoms with Gasteiger partial charge in [0.15, 0.2) is 0 Å². The molecule has 0 unspecified atom stereocenters. The Morgan fingerprint density at radius 3 is 2.31 bits per heavy atom. The number of anilines is 2. The molecule has 4 amide bonds. The Morgan fingerprint density at radius 1 is 1.00 bits per heavy atom. The van der Waals surface area contributed by atoms with Gasteiger partial charge >= 0.3 is 11.5 Å². The monoisotopic (exact) mass is 518 g/mol. The molecule has 13 heteroatoms. The fraction of sp³-hybridized carbons (Fsp3) is 0.130. The van der Waals surface area contributed by atoms with Crippen molar-refractivity contribution in [1.29, 1.82) is 0 Å². The van der Waals surface area contributed by atoms with Crippen LogP contribution in [-0.2, 0) is 21.2 Å². The topological polar surface area (TPSA) is 117 Å². The minimum atomic E-state index is -5.57. The van der Waals surface area contributed by atoms with Crippen LogP contribution in [0.25, 0.3) is 0 Å². The molecule has 9 nitrogen and oxygen atoms in total. The zero-order valence-electron chi connectivity index (χ0n) is 18.3. The number of sulfone groups is 1. The fourth-order valence-corrected chi connectivity index (χ4v) is 4.29. The van der Waals surface area contributed by atoms with Gasteiger partial charge in [-0.1, -0.05) is 18.2 Å². The second kappa shape index (κ2) is 9.41. The number of pyridine rings is 1. The van der Waals surface area contributed by atoms with E-state index in [1.165, 1.54) is 18.5 Å². The molecule has 0 bridgehead atoms. The van der Waals surface area contributed by atoms with Crippen molar-refractivity contribution in [1.82, 2.24) is 9.88 Å². The molecule has 0 atom stereocenters. The highest BCUT2D eigenvalue weighted by Crippen LogP contribution is 2.32. The molecule has 1 saturated heterocycles. The van der Waals surface area contributed by atoms with Crippen LogP contribution in [-0.4, -0.2) is 48.2 Å². The lowest BCUT2D eigenvalue weighted by atomic mass is 10.1. The number of hydrogen-bond donors (Lipinski definition) is 1. The highest BCUT2D eigenvalue weighted by Gasteiger charge is 2.47. The first-order chi connectivity index (χ1) is 17.0. The molecule has 0 radical (unpaired) electrons. The number of halogens is 3. The maximum Gasteiger partial charge on any atom is 0.501 e. The van der Waals surface area contributed by atoms with Crippen molar-refractivity contribution in [3.63, 3.8) is 0 Å². The Hall–Kier alpha value is -4.26. The number of benzene rings is 2. The molecule has 2 aromatic carbocycles. The van der Waals surface area contributed by atoms with E-state index < -0.39 is 38.1 Å². The van der Waals surface area contributed by atoms with E-state index >= 15 is 0 Å². The van der Waals surface area contributed by atoms with Crippen LogP contribution in [0.15, 0.2) is 78.0 Å². The predicted octanol–water partition coefficient (Wildman–Crippen LogP) is 3.60. The Bertz CT molecular complexity index is 1430. The molecule has 0 spiro atoms. The largest absolute Gasteiger partial charge is 0.501 e. The second-order valence-corrected chi connectivity index (χ2v) is 9.61. The third-order valence-electron chi connectivity index (χ3n) is 5.30. The lowest BCUT2D eigenvalue weighted by Crippen LogP contribution is -2.33. The molecule has 0 saturated carbocycles. The number of carbonyl (C=O) groups is 3. The van der Waals surface area contributed by atoms with E-state index in [0.29, 0.717) is 23.4 Å². The Morgan fingerprint density at radius 2 is 1.67 bits per heavy atom. The van der Waals surface area contributed by atoms with Crippen molar-refractivity contribution in [3.8, 4) is 0 Å². The number of nitrogens with zero attached hydrogens (tertiary/aromatic N) is 3. The molecule has 186 valence electrons. The van der Waals surface area contributed by atoms with E-state index in [1.807, 2.05) is 0 Å². The minimum Gasteiger partial charge on any atom is -0.322 e. The van der Waals surface area contributed by atoms with Crippen LogP contribution in [0.5, 0.6) is 0 Å². The van der Waals surface area contributed by atoms with Crippen LogP contribution in [0.1, 0.15) is 15.9 Å². The number of aromatic nitrogens is 1. The van der Waals surface area contributed by atoms with Crippen molar-refractivity contribution in [2.24, 2.45) is 0 Å². The molecule has 1 N–H and O–H groups in total. The minimum absolute atomic E-state index is 0.0922. The van der Waals surface area contributed by atoms with Gasteiger partial charge in [-0.3, -0.25) is 14.6 Å². The second-order valence-electron chi connectivity index (χ2n) is 7.66. The first-order valence-electron chi connectivity index (χ1n) is 10.3. The van der Waals surface area contributed by atoms with Gasteiger partial charge in [-0.15, -0.1) is 0 Å². The standard InChI is InChI=1S/C23H17F3N4O5S/c24-23(25,26)36(34,35)18-8-6-17(7-9-18)30-20(31)14-29(22(30)33)13-15-10-11-27-12-19(15)21(32)28-16-4-2-1-3-5-16/h1-12H,13-14H2,(H,28,32). The number of carbonyl (C=O) groups excluding carboxylic acids is 3. The van der Waals surface area contributed by atoms with E-state index in [2.05, 4.69) is 10.3 Å². The van der Waals surface area contributed by atoms with Gasteiger partial charge in [0.05, 0.1) is 16.1 Å². The van der Waals surface area contributed by atoms with Crippen LogP contribution < -0.4 is 10.2 Å². The summed E-state index contributed by atoms with van der Waals surface area (Å²) in [6.45, 7) is -0.481. The molecule has 1 aromatic heterocycles. The third-order valence-corrected chi connectivity index (χ3v) is 6.80. The first-order valence-corrected chi connectivity index (χ1v) is 11.8. The van der Waals surface area contributed by atoms with E-state index in [9.17, 15) is 36.0 Å². The molecular weight excluding hydrogens is 501 g/mol. The summed E-state index contributed by atoms with van der Waals surface area (Å²) in [5.41, 5.74) is -4.44. The quantitative estimate of drug-likeness (QED) is 0.499. The smallest absolute Gasteiger partial charge is 0.322 e. The average molecular weight is 518 g/mol. The average Bonchev–Trinajstić information content (AvgIpc) is 3.12. The van der Waals surface area contributed by atoms with E-state index in [0.717, 1.165) is 21.9 Å². The van der Waals surface area contributed by atoms with Gasteiger partial charge in [0.25, 0.3) is 21.7 Å². The maximum absolute atomic E-state index is 13.0. The van der Waals surface area contributed by atoms with Crippen molar-refractivity contribution in [2.75, 3.05) is 16.8 Å². The number of rotatable bonds is 6. The zero-order valence-corrected chi connectivity index (χ0v) is 19.1. The van der Waals surface area contributed by atoms with Gasteiger partial charge in [0.2, 0.25) is 0 Å². The lowest BCUT2D eigenvalue weighted by molar-refractivity contribution is -0.116. The highest BCUT2D eigenvalue weighted by atomic mass is 32.2. The number of nitrogens with one attached hydrogen (secondary N) is 1. The molecule has 1 aliphatic heterocycles.